The van der Waals surface area contributed by atoms with Crippen molar-refractivity contribution < 1.29 is 18.1 Å². The van der Waals surface area contributed by atoms with Crippen LogP contribution in [0.1, 0.15) is 55.7 Å². The number of aromatic nitrogens is 2. The smallest absolute Gasteiger partial charge is 0.331 e. The van der Waals surface area contributed by atoms with E-state index in [1.807, 2.05) is 17.0 Å². The Morgan fingerprint density at radius 3 is 2.58 bits per heavy atom. The van der Waals surface area contributed by atoms with Gasteiger partial charge in [-0.15, -0.1) is 0 Å². The summed E-state index contributed by atoms with van der Waals surface area (Å²) in [6.45, 7) is 1.28. The number of hydrogen-bond donors (Lipinski definition) is 2. The average Bonchev–Trinajstić information content (AvgIpc) is 2.91. The highest BCUT2D eigenvalue weighted by molar-refractivity contribution is 7.86. The zero-order valence-corrected chi connectivity index (χ0v) is 19.8. The van der Waals surface area contributed by atoms with Crippen LogP contribution in [-0.4, -0.2) is 49.8 Å². The summed E-state index contributed by atoms with van der Waals surface area (Å²) in [6, 6.07) is 7.92. The van der Waals surface area contributed by atoms with Gasteiger partial charge in [-0.25, -0.2) is 9.19 Å². The molecule has 1 aromatic heterocycles. The van der Waals surface area contributed by atoms with E-state index >= 15 is 0 Å². The van der Waals surface area contributed by atoms with Gasteiger partial charge in [-0.3, -0.25) is 0 Å². The Balaban J connectivity index is 1.43. The zero-order chi connectivity index (χ0) is 23.2. The van der Waals surface area contributed by atoms with Crippen molar-refractivity contribution in [2.24, 2.45) is 0 Å². The molecular formula is C23H27ClF2N4O2S. The maximum atomic E-state index is 14.4. The number of benzene rings is 1. The zero-order valence-electron chi connectivity index (χ0n) is 18.2. The highest BCUT2D eigenvalue weighted by Crippen LogP contribution is 2.44. The van der Waals surface area contributed by atoms with Crippen molar-refractivity contribution in [3.63, 3.8) is 0 Å². The maximum Gasteiger partial charge on any atom is 0.331 e. The van der Waals surface area contributed by atoms with Crippen LogP contribution in [0.15, 0.2) is 29.2 Å². The highest BCUT2D eigenvalue weighted by atomic mass is 35.5. The Bertz CT molecular complexity index is 1060. The molecule has 2 aromatic rings. The largest absolute Gasteiger partial charge is 0.394 e. The molecule has 3 aliphatic rings. The van der Waals surface area contributed by atoms with E-state index < -0.39 is 28.0 Å². The lowest BCUT2D eigenvalue weighted by atomic mass is 9.77. The summed E-state index contributed by atoms with van der Waals surface area (Å²) in [6.07, 6.45) is 4.51. The van der Waals surface area contributed by atoms with Crippen molar-refractivity contribution >= 4 is 34.2 Å². The van der Waals surface area contributed by atoms with E-state index in [2.05, 4.69) is 27.4 Å². The summed E-state index contributed by atoms with van der Waals surface area (Å²) in [4.78, 5) is 11.1. The van der Waals surface area contributed by atoms with Crippen LogP contribution < -0.4 is 10.2 Å². The lowest BCUT2D eigenvalue weighted by molar-refractivity contribution is 0.104. The molecular weight excluding hydrogens is 470 g/mol. The summed E-state index contributed by atoms with van der Waals surface area (Å²) in [5.74, 6) is 0.941. The minimum Gasteiger partial charge on any atom is -0.394 e. The monoisotopic (exact) mass is 496 g/mol. The fourth-order valence-electron chi connectivity index (χ4n) is 4.98. The van der Waals surface area contributed by atoms with Gasteiger partial charge in [0, 0.05) is 18.1 Å². The second-order valence-corrected chi connectivity index (χ2v) is 11.3. The molecule has 1 saturated carbocycles. The number of hydrogen-bond acceptors (Lipinski definition) is 6. The summed E-state index contributed by atoms with van der Waals surface area (Å²) < 4.78 is 41.3. The Kier molecular flexibility index (Phi) is 6.07. The fourth-order valence-corrected chi connectivity index (χ4v) is 6.27. The number of nitrogens with one attached hydrogen (secondary N) is 1. The van der Waals surface area contributed by atoms with Gasteiger partial charge in [0.25, 0.3) is 0 Å². The van der Waals surface area contributed by atoms with Crippen LogP contribution in [0.25, 0.3) is 0 Å². The van der Waals surface area contributed by atoms with Crippen molar-refractivity contribution in [3.8, 4) is 0 Å². The average molecular weight is 497 g/mol. The van der Waals surface area contributed by atoms with Gasteiger partial charge in [0.05, 0.1) is 24.3 Å². The molecule has 1 unspecified atom stereocenters. The minimum atomic E-state index is -3.36. The maximum absolute atomic E-state index is 14.4. The van der Waals surface area contributed by atoms with E-state index in [9.17, 15) is 18.1 Å². The van der Waals surface area contributed by atoms with Gasteiger partial charge in [0.2, 0.25) is 5.95 Å². The first-order valence-corrected chi connectivity index (χ1v) is 12.9. The van der Waals surface area contributed by atoms with E-state index in [1.54, 1.807) is 0 Å². The van der Waals surface area contributed by atoms with Crippen LogP contribution >= 0.6 is 11.6 Å². The Labute approximate surface area is 199 Å². The molecule has 33 heavy (non-hydrogen) atoms. The Hall–Kier alpha value is -1.84. The van der Waals surface area contributed by atoms with Gasteiger partial charge in [-0.2, -0.15) is 13.8 Å². The van der Waals surface area contributed by atoms with Crippen molar-refractivity contribution in [1.29, 1.82) is 0 Å². The number of fused-ring (bicyclic) bond motifs is 1. The van der Waals surface area contributed by atoms with E-state index in [0.717, 1.165) is 25.7 Å². The molecule has 0 spiro atoms. The van der Waals surface area contributed by atoms with Crippen LogP contribution in [0.5, 0.6) is 0 Å². The van der Waals surface area contributed by atoms with Crippen LogP contribution in [0.3, 0.4) is 0 Å². The number of alkyl halides is 2. The van der Waals surface area contributed by atoms with Crippen molar-refractivity contribution in [2.75, 3.05) is 29.9 Å². The topological polar surface area (TPSA) is 78.4 Å². The Morgan fingerprint density at radius 2 is 1.91 bits per heavy atom. The van der Waals surface area contributed by atoms with Gasteiger partial charge in [-0.05, 0) is 62.1 Å². The predicted octanol–water partition coefficient (Wildman–Crippen LogP) is 4.49. The molecule has 1 saturated heterocycles. The molecule has 1 aromatic carbocycles. The molecule has 5 rings (SSSR count). The molecule has 2 fully saturated rings. The number of anilines is 2. The van der Waals surface area contributed by atoms with Gasteiger partial charge in [-0.1, -0.05) is 23.7 Å². The fraction of sp³-hybridized carbons (Fsp3) is 0.565. The first kappa shape index (κ1) is 22.9. The third-order valence-corrected chi connectivity index (χ3v) is 8.84. The summed E-state index contributed by atoms with van der Waals surface area (Å²) >= 11 is 6.03. The van der Waals surface area contributed by atoms with Crippen molar-refractivity contribution in [3.05, 3.63) is 40.5 Å². The van der Waals surface area contributed by atoms with Crippen LogP contribution in [-0.2, 0) is 17.2 Å². The predicted molar refractivity (Wildman–Crippen MR) is 125 cm³/mol. The molecule has 0 bridgehead atoms. The molecule has 2 atom stereocenters. The number of rotatable bonds is 5. The van der Waals surface area contributed by atoms with Crippen molar-refractivity contribution in [1.82, 2.24) is 9.97 Å². The van der Waals surface area contributed by atoms with E-state index in [-0.39, 0.29) is 23.0 Å². The SMILES string of the molecule is O=[S@@]1c2c(nc(N3CCCC(c4ccc(Cl)cc4)CC3)nc2NC2(CO)CCC2)CC1(F)F. The van der Waals surface area contributed by atoms with Crippen LogP contribution in [0.2, 0.25) is 5.02 Å². The van der Waals surface area contributed by atoms with Crippen LogP contribution in [0, 0.1) is 0 Å². The first-order chi connectivity index (χ1) is 15.8. The second-order valence-electron chi connectivity index (χ2n) is 9.31. The molecule has 0 amide bonds. The number of nitrogens with zero attached hydrogens (tertiary/aromatic N) is 3. The van der Waals surface area contributed by atoms with E-state index in [1.165, 1.54) is 5.56 Å². The van der Waals surface area contributed by atoms with E-state index in [4.69, 9.17) is 11.6 Å². The van der Waals surface area contributed by atoms with Crippen LogP contribution in [0.4, 0.5) is 20.5 Å². The molecule has 3 heterocycles. The number of aliphatic hydroxyl groups is 1. The summed E-state index contributed by atoms with van der Waals surface area (Å²) in [5, 5.41) is 10.4. The van der Waals surface area contributed by atoms with Gasteiger partial charge in [0.15, 0.2) is 0 Å². The third-order valence-electron chi connectivity index (χ3n) is 7.10. The van der Waals surface area contributed by atoms with Crippen molar-refractivity contribution in [2.45, 2.75) is 66.6 Å². The molecule has 1 aliphatic carbocycles. The highest BCUT2D eigenvalue weighted by Gasteiger charge is 2.50. The molecule has 10 heteroatoms. The molecule has 2 aliphatic heterocycles. The lowest BCUT2D eigenvalue weighted by Crippen LogP contribution is -2.48. The number of aliphatic hydroxyl groups excluding tert-OH is 1. The summed E-state index contributed by atoms with van der Waals surface area (Å²) in [5.41, 5.74) is 0.778. The molecule has 0 radical (unpaired) electrons. The summed E-state index contributed by atoms with van der Waals surface area (Å²) in [7, 11) is -2.52. The van der Waals surface area contributed by atoms with Gasteiger partial charge in [0.1, 0.15) is 21.5 Å². The molecule has 6 nitrogen and oxygen atoms in total. The number of halogens is 3. The normalized spacial score (nSPS) is 25.8. The second kappa shape index (κ2) is 8.74. The first-order valence-electron chi connectivity index (χ1n) is 11.4. The minimum absolute atomic E-state index is 0.0164. The molecule has 2 N–H and O–H groups in total. The van der Waals surface area contributed by atoms with Gasteiger partial charge < -0.3 is 15.3 Å². The molecule has 178 valence electrons. The van der Waals surface area contributed by atoms with Gasteiger partial charge >= 0.3 is 5.25 Å². The quantitative estimate of drug-likeness (QED) is 0.635. The Morgan fingerprint density at radius 1 is 1.15 bits per heavy atom. The lowest BCUT2D eigenvalue weighted by Gasteiger charge is -2.41. The standard InChI is InChI=1S/C23H27ClF2N4O2S/c24-17-6-4-16(5-7-17)15-3-1-11-30(12-8-15)21-27-18-13-23(25,26)33(32)19(18)20(28-21)29-22(14-31)9-2-10-22/h4-7,15,31H,1-3,8-14H2,(H,27,28,29)/t15?,33-/m1/s1. The third kappa shape index (κ3) is 4.35. The van der Waals surface area contributed by atoms with E-state index in [0.29, 0.717) is 42.8 Å².